The number of nitrogens with zero attached hydrogens (tertiary/aromatic N) is 8. The average Bonchev–Trinajstić information content (AvgIpc) is 3.64. The summed E-state index contributed by atoms with van der Waals surface area (Å²) < 4.78 is 42.8. The van der Waals surface area contributed by atoms with Gasteiger partial charge in [0.25, 0.3) is 5.56 Å². The lowest BCUT2D eigenvalue weighted by molar-refractivity contribution is -0.131. The van der Waals surface area contributed by atoms with Crippen molar-refractivity contribution in [3.05, 3.63) is 88.2 Å². The molecule has 276 valence electrons. The molecule has 15 heteroatoms. The van der Waals surface area contributed by atoms with Crippen LogP contribution in [0.4, 0.5) is 14.7 Å². The molecule has 52 heavy (non-hydrogen) atoms. The summed E-state index contributed by atoms with van der Waals surface area (Å²) >= 11 is 0. The Morgan fingerprint density at radius 1 is 1.02 bits per heavy atom. The van der Waals surface area contributed by atoms with Crippen molar-refractivity contribution in [3.63, 3.8) is 0 Å². The van der Waals surface area contributed by atoms with Crippen LogP contribution in [0.2, 0.25) is 25.7 Å². The summed E-state index contributed by atoms with van der Waals surface area (Å²) in [4.78, 5) is 38.4. The SMILES string of the molecule is CC(=O)N1CCN(c2ncc(-c3ccc4c(=O)n(C)n(Cc5cc(Cc6cnn(COCC[Si](C)(C)C)c6)ccc5OC(F)F)c4c3)cn2)CC1C. The molecule has 3 aromatic heterocycles. The maximum Gasteiger partial charge on any atom is 0.387 e. The number of fused-ring (bicyclic) bond motifs is 1. The summed E-state index contributed by atoms with van der Waals surface area (Å²) in [6, 6.07) is 11.8. The minimum Gasteiger partial charge on any atom is -0.434 e. The van der Waals surface area contributed by atoms with Crippen LogP contribution < -0.4 is 15.2 Å². The highest BCUT2D eigenvalue weighted by Gasteiger charge is 2.27. The maximum absolute atomic E-state index is 13.5. The molecule has 0 N–H and O–H groups in total. The fourth-order valence-electron chi connectivity index (χ4n) is 6.56. The molecule has 1 amide bonds. The van der Waals surface area contributed by atoms with Gasteiger partial charge in [-0.1, -0.05) is 31.8 Å². The Hall–Kier alpha value is -4.89. The van der Waals surface area contributed by atoms with E-state index in [2.05, 4.69) is 39.6 Å². The van der Waals surface area contributed by atoms with E-state index in [4.69, 9.17) is 9.47 Å². The second-order valence-electron chi connectivity index (χ2n) is 14.6. The molecule has 1 unspecified atom stereocenters. The van der Waals surface area contributed by atoms with Crippen LogP contribution in [0.25, 0.3) is 22.0 Å². The molecule has 5 aromatic rings. The number of alkyl halides is 2. The molecule has 1 aliphatic rings. The molecule has 1 atom stereocenters. The normalized spacial score (nSPS) is 15.2. The van der Waals surface area contributed by atoms with Gasteiger partial charge in [0.05, 0.1) is 23.6 Å². The summed E-state index contributed by atoms with van der Waals surface area (Å²) in [5.74, 6) is 0.681. The van der Waals surface area contributed by atoms with Gasteiger partial charge in [0.1, 0.15) is 12.5 Å². The van der Waals surface area contributed by atoms with Gasteiger partial charge in [0.2, 0.25) is 11.9 Å². The van der Waals surface area contributed by atoms with E-state index in [9.17, 15) is 18.4 Å². The van der Waals surface area contributed by atoms with Crippen molar-refractivity contribution in [1.82, 2.24) is 34.0 Å². The van der Waals surface area contributed by atoms with Crippen LogP contribution in [0.3, 0.4) is 0 Å². The van der Waals surface area contributed by atoms with Crippen LogP contribution in [-0.4, -0.2) is 86.9 Å². The molecule has 0 radical (unpaired) electrons. The molecule has 4 heterocycles. The first kappa shape index (κ1) is 36.9. The minimum atomic E-state index is -3.01. The van der Waals surface area contributed by atoms with Crippen molar-refractivity contribution in [3.8, 4) is 16.9 Å². The number of carbonyl (C=O) groups is 1. The number of hydrogen-bond acceptors (Lipinski definition) is 8. The molecule has 0 spiro atoms. The van der Waals surface area contributed by atoms with Gasteiger partial charge >= 0.3 is 6.61 Å². The van der Waals surface area contributed by atoms with Gasteiger partial charge in [-0.2, -0.15) is 13.9 Å². The fraction of sp³-hybridized carbons (Fsp3) is 0.432. The maximum atomic E-state index is 13.5. The topological polar surface area (TPSA) is 113 Å². The molecule has 12 nitrogen and oxygen atoms in total. The van der Waals surface area contributed by atoms with E-state index >= 15 is 0 Å². The van der Waals surface area contributed by atoms with Crippen LogP contribution in [0.15, 0.2) is 66.0 Å². The summed E-state index contributed by atoms with van der Waals surface area (Å²) in [6.45, 7) is 10.6. The van der Waals surface area contributed by atoms with E-state index in [1.807, 2.05) is 36.2 Å². The average molecular weight is 733 g/mol. The van der Waals surface area contributed by atoms with Crippen molar-refractivity contribution in [2.45, 2.75) is 71.9 Å². The zero-order valence-corrected chi connectivity index (χ0v) is 31.6. The zero-order chi connectivity index (χ0) is 37.2. The summed E-state index contributed by atoms with van der Waals surface area (Å²) in [5, 5.41) is 4.92. The highest BCUT2D eigenvalue weighted by atomic mass is 28.3. The van der Waals surface area contributed by atoms with Gasteiger partial charge in [0, 0.05) is 90.5 Å². The third-order valence-corrected chi connectivity index (χ3v) is 11.1. The van der Waals surface area contributed by atoms with Gasteiger partial charge in [-0.25, -0.2) is 14.6 Å². The molecule has 0 saturated carbocycles. The van der Waals surface area contributed by atoms with Gasteiger partial charge in [-0.3, -0.25) is 19.0 Å². The fourth-order valence-corrected chi connectivity index (χ4v) is 7.32. The van der Waals surface area contributed by atoms with E-state index in [0.717, 1.165) is 28.3 Å². The third-order valence-electron chi connectivity index (χ3n) is 9.42. The van der Waals surface area contributed by atoms with Crippen molar-refractivity contribution < 1.29 is 23.0 Å². The predicted octanol–water partition coefficient (Wildman–Crippen LogP) is 5.60. The molecular weight excluding hydrogens is 687 g/mol. The quantitative estimate of drug-likeness (QED) is 0.114. The molecule has 1 aliphatic heterocycles. The molecular formula is C37H46F2N8O4Si. The van der Waals surface area contributed by atoms with Crippen LogP contribution in [0.1, 0.15) is 30.5 Å². The molecule has 1 saturated heterocycles. The minimum absolute atomic E-state index is 0.0399. The number of anilines is 1. The van der Waals surface area contributed by atoms with Crippen LogP contribution in [0, 0.1) is 0 Å². The Morgan fingerprint density at radius 2 is 1.79 bits per heavy atom. The van der Waals surface area contributed by atoms with Crippen LogP contribution >= 0.6 is 0 Å². The highest BCUT2D eigenvalue weighted by Crippen LogP contribution is 2.28. The smallest absolute Gasteiger partial charge is 0.387 e. The van der Waals surface area contributed by atoms with Crippen molar-refractivity contribution in [2.75, 3.05) is 31.1 Å². The number of halogens is 2. The molecule has 1 fully saturated rings. The largest absolute Gasteiger partial charge is 0.434 e. The molecule has 0 bridgehead atoms. The standard InChI is InChI=1S/C37H46F2N8O4Si/c1-25-21-44(11-12-46(25)26(2)48)37-40-19-31(20-41-37)29-8-9-32-33(17-29)47(43(3)35(32)49)23-30-16-27(7-10-34(30)51-36(38)39)15-28-18-42-45(22-28)24-50-13-14-52(4,5)6/h7-10,16-20,22,25,36H,11-15,21,23-24H2,1-6H3. The molecule has 0 aliphatic carbocycles. The van der Waals surface area contributed by atoms with E-state index in [0.29, 0.717) is 61.8 Å². The summed E-state index contributed by atoms with van der Waals surface area (Å²) in [7, 11) is 0.470. The lowest BCUT2D eigenvalue weighted by Gasteiger charge is -2.39. The number of aromatic nitrogens is 6. The number of hydrogen-bond donors (Lipinski definition) is 0. The lowest BCUT2D eigenvalue weighted by atomic mass is 10.0. The predicted molar refractivity (Wildman–Crippen MR) is 199 cm³/mol. The number of rotatable bonds is 13. The second kappa shape index (κ2) is 15.4. The molecule has 6 rings (SSSR count). The Morgan fingerprint density at radius 3 is 2.48 bits per heavy atom. The van der Waals surface area contributed by atoms with Crippen LogP contribution in [-0.2, 0) is 36.3 Å². The highest BCUT2D eigenvalue weighted by molar-refractivity contribution is 6.76. The number of ether oxygens (including phenoxy) is 2. The second-order valence-corrected chi connectivity index (χ2v) is 20.3. The first-order valence-electron chi connectivity index (χ1n) is 17.5. The molecule has 2 aromatic carbocycles. The van der Waals surface area contributed by atoms with E-state index in [1.54, 1.807) is 60.1 Å². The van der Waals surface area contributed by atoms with Crippen molar-refractivity contribution >= 4 is 30.8 Å². The van der Waals surface area contributed by atoms with Gasteiger partial charge in [-0.15, -0.1) is 0 Å². The Balaban J connectivity index is 1.23. The number of amides is 1. The van der Waals surface area contributed by atoms with Crippen LogP contribution in [0.5, 0.6) is 5.75 Å². The monoisotopic (exact) mass is 732 g/mol. The Kier molecular flexibility index (Phi) is 10.9. The van der Waals surface area contributed by atoms with Gasteiger partial charge < -0.3 is 19.3 Å². The number of benzene rings is 2. The Bertz CT molecular complexity index is 2090. The zero-order valence-electron chi connectivity index (χ0n) is 30.6. The van der Waals surface area contributed by atoms with Gasteiger partial charge in [0.15, 0.2) is 0 Å². The first-order valence-corrected chi connectivity index (χ1v) is 21.2. The van der Waals surface area contributed by atoms with Crippen molar-refractivity contribution in [1.29, 1.82) is 0 Å². The van der Waals surface area contributed by atoms with E-state index < -0.39 is 14.7 Å². The first-order chi connectivity index (χ1) is 24.8. The summed E-state index contributed by atoms with van der Waals surface area (Å²) in [6.07, 6.45) is 7.72. The third kappa shape index (κ3) is 8.58. The Labute approximate surface area is 302 Å². The van der Waals surface area contributed by atoms with E-state index in [1.165, 1.54) is 4.68 Å². The lowest BCUT2D eigenvalue weighted by Crippen LogP contribution is -2.53. The number of carbonyl (C=O) groups excluding carboxylic acids is 1. The number of piperazine rings is 1. The summed E-state index contributed by atoms with van der Waals surface area (Å²) in [5.41, 5.74) is 4.32. The van der Waals surface area contributed by atoms with E-state index in [-0.39, 0.29) is 29.8 Å². The van der Waals surface area contributed by atoms with Gasteiger partial charge in [-0.05, 0) is 53.9 Å². The van der Waals surface area contributed by atoms with Crippen molar-refractivity contribution in [2.24, 2.45) is 7.05 Å².